The van der Waals surface area contributed by atoms with Crippen LogP contribution in [0.4, 0.5) is 0 Å². The van der Waals surface area contributed by atoms with E-state index in [1.165, 1.54) is 16.3 Å². The van der Waals surface area contributed by atoms with Gasteiger partial charge < -0.3 is 5.32 Å². The predicted molar refractivity (Wildman–Crippen MR) is 77.0 cm³/mol. The highest BCUT2D eigenvalue weighted by molar-refractivity contribution is 7.08. The lowest BCUT2D eigenvalue weighted by Gasteiger charge is -2.16. The quantitative estimate of drug-likeness (QED) is 0.772. The van der Waals surface area contributed by atoms with Crippen LogP contribution in [0, 0.1) is 0 Å². The molecular formula is C15H14N2S. The first kappa shape index (κ1) is 11.4. The molecule has 2 aromatic heterocycles. The lowest BCUT2D eigenvalue weighted by Crippen LogP contribution is -2.18. The SMILES string of the molecule is CNC(c1ccsc1)c1nccc2ccccc12. The summed E-state index contributed by atoms with van der Waals surface area (Å²) in [4.78, 5) is 4.58. The minimum absolute atomic E-state index is 0.155. The summed E-state index contributed by atoms with van der Waals surface area (Å²) in [5.41, 5.74) is 2.36. The van der Waals surface area contributed by atoms with Crippen LogP contribution in [0.3, 0.4) is 0 Å². The molecular weight excluding hydrogens is 240 g/mol. The lowest BCUT2D eigenvalue weighted by molar-refractivity contribution is 0.679. The van der Waals surface area contributed by atoms with Crippen molar-refractivity contribution in [3.05, 3.63) is 64.6 Å². The number of thiophene rings is 1. The van der Waals surface area contributed by atoms with Crippen molar-refractivity contribution in [3.8, 4) is 0 Å². The van der Waals surface area contributed by atoms with Crippen molar-refractivity contribution in [2.24, 2.45) is 0 Å². The number of hydrogen-bond acceptors (Lipinski definition) is 3. The zero-order valence-corrected chi connectivity index (χ0v) is 10.9. The van der Waals surface area contributed by atoms with Gasteiger partial charge in [-0.2, -0.15) is 11.3 Å². The normalized spacial score (nSPS) is 12.7. The van der Waals surface area contributed by atoms with Crippen LogP contribution >= 0.6 is 11.3 Å². The first-order valence-corrected chi connectivity index (χ1v) is 6.87. The molecule has 90 valence electrons. The number of nitrogens with one attached hydrogen (secondary N) is 1. The maximum atomic E-state index is 4.58. The van der Waals surface area contributed by atoms with Crippen molar-refractivity contribution in [1.29, 1.82) is 0 Å². The fourth-order valence-electron chi connectivity index (χ4n) is 2.27. The van der Waals surface area contributed by atoms with Crippen LogP contribution in [-0.4, -0.2) is 12.0 Å². The molecule has 0 aliphatic carbocycles. The van der Waals surface area contributed by atoms with Gasteiger partial charge in [0, 0.05) is 11.6 Å². The van der Waals surface area contributed by atoms with Gasteiger partial charge in [-0.05, 0) is 40.9 Å². The molecule has 0 fully saturated rings. The second kappa shape index (κ2) is 4.88. The van der Waals surface area contributed by atoms with E-state index in [2.05, 4.69) is 57.5 Å². The van der Waals surface area contributed by atoms with Crippen molar-refractivity contribution in [1.82, 2.24) is 10.3 Å². The van der Waals surface area contributed by atoms with Gasteiger partial charge in [0.2, 0.25) is 0 Å². The average molecular weight is 254 g/mol. The number of benzene rings is 1. The molecule has 0 saturated carbocycles. The van der Waals surface area contributed by atoms with E-state index in [1.54, 1.807) is 11.3 Å². The van der Waals surface area contributed by atoms with Gasteiger partial charge in [-0.3, -0.25) is 4.98 Å². The second-order valence-corrected chi connectivity index (χ2v) is 4.98. The highest BCUT2D eigenvalue weighted by Crippen LogP contribution is 2.27. The first-order chi connectivity index (χ1) is 8.90. The maximum Gasteiger partial charge on any atom is 0.0763 e. The van der Waals surface area contributed by atoms with Crippen molar-refractivity contribution >= 4 is 22.1 Å². The summed E-state index contributed by atoms with van der Waals surface area (Å²) in [6.07, 6.45) is 1.88. The standard InChI is InChI=1S/C15H14N2S/c1-16-14(12-7-9-18-10-12)15-13-5-3-2-4-11(13)6-8-17-15/h2-10,14,16H,1H3. The Morgan fingerprint density at radius 3 is 2.83 bits per heavy atom. The number of aromatic nitrogens is 1. The third kappa shape index (κ3) is 1.92. The summed E-state index contributed by atoms with van der Waals surface area (Å²) in [6.45, 7) is 0. The Labute approximate surface area is 110 Å². The summed E-state index contributed by atoms with van der Waals surface area (Å²) in [7, 11) is 1.98. The molecule has 1 unspecified atom stereocenters. The molecule has 3 aromatic rings. The number of rotatable bonds is 3. The van der Waals surface area contributed by atoms with E-state index in [1.807, 2.05) is 13.2 Å². The number of nitrogens with zero attached hydrogens (tertiary/aromatic N) is 1. The highest BCUT2D eigenvalue weighted by atomic mass is 32.1. The molecule has 0 radical (unpaired) electrons. The van der Waals surface area contributed by atoms with E-state index in [4.69, 9.17) is 0 Å². The molecule has 1 N–H and O–H groups in total. The molecule has 0 bridgehead atoms. The van der Waals surface area contributed by atoms with Gasteiger partial charge in [-0.25, -0.2) is 0 Å². The van der Waals surface area contributed by atoms with Gasteiger partial charge in [0.1, 0.15) is 0 Å². The van der Waals surface area contributed by atoms with E-state index in [0.717, 1.165) is 5.69 Å². The molecule has 3 rings (SSSR count). The molecule has 18 heavy (non-hydrogen) atoms. The molecule has 2 heterocycles. The Hall–Kier alpha value is -1.71. The van der Waals surface area contributed by atoms with E-state index in [0.29, 0.717) is 0 Å². The summed E-state index contributed by atoms with van der Waals surface area (Å²) < 4.78 is 0. The molecule has 1 aromatic carbocycles. The van der Waals surface area contributed by atoms with Crippen LogP contribution in [0.5, 0.6) is 0 Å². The van der Waals surface area contributed by atoms with Gasteiger partial charge in [-0.1, -0.05) is 24.3 Å². The third-order valence-corrected chi connectivity index (χ3v) is 3.84. The van der Waals surface area contributed by atoms with Gasteiger partial charge >= 0.3 is 0 Å². The molecule has 2 nitrogen and oxygen atoms in total. The Morgan fingerprint density at radius 2 is 2.06 bits per heavy atom. The van der Waals surface area contributed by atoms with Crippen molar-refractivity contribution in [3.63, 3.8) is 0 Å². The second-order valence-electron chi connectivity index (χ2n) is 4.20. The molecule has 0 aliphatic rings. The van der Waals surface area contributed by atoms with Crippen LogP contribution < -0.4 is 5.32 Å². The van der Waals surface area contributed by atoms with E-state index in [9.17, 15) is 0 Å². The summed E-state index contributed by atoms with van der Waals surface area (Å²) in [6, 6.07) is 12.7. The molecule has 1 atom stereocenters. The summed E-state index contributed by atoms with van der Waals surface area (Å²) in [5, 5.41) is 10.1. The molecule has 0 aliphatic heterocycles. The monoisotopic (exact) mass is 254 g/mol. The summed E-state index contributed by atoms with van der Waals surface area (Å²) >= 11 is 1.72. The van der Waals surface area contributed by atoms with Crippen LogP contribution in [0.15, 0.2) is 53.4 Å². The molecule has 0 amide bonds. The third-order valence-electron chi connectivity index (χ3n) is 3.14. The zero-order chi connectivity index (χ0) is 12.4. The van der Waals surface area contributed by atoms with Crippen LogP contribution in [-0.2, 0) is 0 Å². The predicted octanol–water partition coefficient (Wildman–Crippen LogP) is 3.61. The minimum atomic E-state index is 0.155. The number of pyridine rings is 1. The fourth-order valence-corrected chi connectivity index (χ4v) is 2.96. The largest absolute Gasteiger partial charge is 0.308 e. The first-order valence-electron chi connectivity index (χ1n) is 5.93. The van der Waals surface area contributed by atoms with E-state index >= 15 is 0 Å². The van der Waals surface area contributed by atoms with Gasteiger partial charge in [-0.15, -0.1) is 0 Å². The van der Waals surface area contributed by atoms with Gasteiger partial charge in [0.15, 0.2) is 0 Å². The Morgan fingerprint density at radius 1 is 1.17 bits per heavy atom. The Bertz CT molecular complexity index is 641. The lowest BCUT2D eigenvalue weighted by atomic mass is 10.0. The topological polar surface area (TPSA) is 24.9 Å². The zero-order valence-electron chi connectivity index (χ0n) is 10.1. The van der Waals surface area contributed by atoms with Crippen LogP contribution in [0.1, 0.15) is 17.3 Å². The fraction of sp³-hybridized carbons (Fsp3) is 0.133. The Kier molecular flexibility index (Phi) is 3.09. The average Bonchev–Trinajstić information content (AvgIpc) is 2.94. The van der Waals surface area contributed by atoms with Gasteiger partial charge in [0.25, 0.3) is 0 Å². The Balaban J connectivity index is 2.18. The molecule has 3 heteroatoms. The van der Waals surface area contributed by atoms with E-state index < -0.39 is 0 Å². The molecule has 0 saturated heterocycles. The molecule has 0 spiro atoms. The van der Waals surface area contributed by atoms with Crippen molar-refractivity contribution < 1.29 is 0 Å². The number of hydrogen-bond donors (Lipinski definition) is 1. The van der Waals surface area contributed by atoms with Crippen molar-refractivity contribution in [2.75, 3.05) is 7.05 Å². The smallest absolute Gasteiger partial charge is 0.0763 e. The minimum Gasteiger partial charge on any atom is -0.308 e. The van der Waals surface area contributed by atoms with Crippen LogP contribution in [0.2, 0.25) is 0 Å². The van der Waals surface area contributed by atoms with Gasteiger partial charge in [0.05, 0.1) is 11.7 Å². The van der Waals surface area contributed by atoms with Crippen LogP contribution in [0.25, 0.3) is 10.8 Å². The van der Waals surface area contributed by atoms with Crippen molar-refractivity contribution in [2.45, 2.75) is 6.04 Å². The maximum absolute atomic E-state index is 4.58. The summed E-state index contributed by atoms with van der Waals surface area (Å²) in [5.74, 6) is 0. The number of fused-ring (bicyclic) bond motifs is 1. The highest BCUT2D eigenvalue weighted by Gasteiger charge is 2.16. The van der Waals surface area contributed by atoms with E-state index in [-0.39, 0.29) is 6.04 Å².